The highest BCUT2D eigenvalue weighted by Gasteiger charge is 2.25. The lowest BCUT2D eigenvalue weighted by Crippen LogP contribution is -2.44. The molecule has 1 atom stereocenters. The van der Waals surface area contributed by atoms with Gasteiger partial charge in [-0.15, -0.1) is 5.10 Å². The third-order valence-electron chi connectivity index (χ3n) is 2.79. The Bertz CT molecular complexity index is 538. The molecule has 2 N–H and O–H groups in total. The normalized spacial score (nSPS) is 12.0. The van der Waals surface area contributed by atoms with E-state index >= 15 is 0 Å². The van der Waals surface area contributed by atoms with Crippen molar-refractivity contribution in [3.05, 3.63) is 11.9 Å². The van der Waals surface area contributed by atoms with Crippen LogP contribution in [-0.2, 0) is 16.1 Å². The molecule has 0 spiro atoms. The molecule has 1 rings (SSSR count). The molecule has 9 nitrogen and oxygen atoms in total. The zero-order valence-corrected chi connectivity index (χ0v) is 12.4. The maximum Gasteiger partial charge on any atom is 0.326 e. The Morgan fingerprint density at radius 2 is 2.00 bits per heavy atom. The second-order valence-corrected chi connectivity index (χ2v) is 5.12. The molecule has 0 aliphatic rings. The lowest BCUT2D eigenvalue weighted by atomic mass is 10.0. The highest BCUT2D eigenvalue weighted by Crippen LogP contribution is 2.03. The fourth-order valence-corrected chi connectivity index (χ4v) is 1.49. The Labute approximate surface area is 121 Å². The summed E-state index contributed by atoms with van der Waals surface area (Å²) in [6.07, 6.45) is 1.30. The Hall–Kier alpha value is -2.45. The summed E-state index contributed by atoms with van der Waals surface area (Å²) in [4.78, 5) is 35.8. The van der Waals surface area contributed by atoms with E-state index in [0.717, 1.165) is 0 Å². The summed E-state index contributed by atoms with van der Waals surface area (Å²) in [6, 6.07) is -1.01. The standard InChI is InChI=1S/C12H19N5O4/c1-7(2)10(12(20)21)13-11(19)8-5-17(15-14-8)6-9(18)16(3)4/h5,7,10H,6H2,1-4H3,(H,13,19)(H,20,21)/t10-/m0/s1. The first-order valence-electron chi connectivity index (χ1n) is 6.36. The van der Waals surface area contributed by atoms with Gasteiger partial charge < -0.3 is 15.3 Å². The Balaban J connectivity index is 2.74. The van der Waals surface area contributed by atoms with Gasteiger partial charge in [-0.2, -0.15) is 0 Å². The van der Waals surface area contributed by atoms with Crippen LogP contribution in [0.2, 0.25) is 0 Å². The lowest BCUT2D eigenvalue weighted by Gasteiger charge is -2.16. The number of aromatic nitrogens is 3. The largest absolute Gasteiger partial charge is 0.480 e. The van der Waals surface area contributed by atoms with Crippen molar-refractivity contribution in [2.24, 2.45) is 5.92 Å². The summed E-state index contributed by atoms with van der Waals surface area (Å²) in [5.41, 5.74) is -0.0338. The SMILES string of the molecule is CC(C)[C@H](NC(=O)c1cn(CC(=O)N(C)C)nn1)C(=O)O. The van der Waals surface area contributed by atoms with Crippen molar-refractivity contribution in [3.63, 3.8) is 0 Å². The van der Waals surface area contributed by atoms with E-state index in [4.69, 9.17) is 5.11 Å². The molecular weight excluding hydrogens is 278 g/mol. The highest BCUT2D eigenvalue weighted by molar-refractivity contribution is 5.94. The number of carboxylic acids is 1. The van der Waals surface area contributed by atoms with Gasteiger partial charge in [-0.3, -0.25) is 9.59 Å². The number of nitrogens with one attached hydrogen (secondary N) is 1. The van der Waals surface area contributed by atoms with Gasteiger partial charge in [-0.05, 0) is 5.92 Å². The first kappa shape index (κ1) is 16.6. The van der Waals surface area contributed by atoms with Crippen LogP contribution in [0.3, 0.4) is 0 Å². The minimum Gasteiger partial charge on any atom is -0.480 e. The summed E-state index contributed by atoms with van der Waals surface area (Å²) >= 11 is 0. The Morgan fingerprint density at radius 1 is 1.38 bits per heavy atom. The maximum atomic E-state index is 11.9. The minimum absolute atomic E-state index is 0.0338. The zero-order chi connectivity index (χ0) is 16.2. The second-order valence-electron chi connectivity index (χ2n) is 5.12. The summed E-state index contributed by atoms with van der Waals surface area (Å²) in [5, 5.41) is 18.7. The number of carbonyl (C=O) groups excluding carboxylic acids is 2. The molecule has 1 aromatic heterocycles. The molecule has 0 bridgehead atoms. The van der Waals surface area contributed by atoms with Gasteiger partial charge in [0.15, 0.2) is 5.69 Å². The minimum atomic E-state index is -1.12. The number of carbonyl (C=O) groups is 3. The first-order chi connectivity index (χ1) is 9.72. The summed E-state index contributed by atoms with van der Waals surface area (Å²) in [5.74, 6) is -2.22. The van der Waals surface area contributed by atoms with Gasteiger partial charge in [0.1, 0.15) is 12.6 Å². The molecule has 0 aliphatic heterocycles. The smallest absolute Gasteiger partial charge is 0.326 e. The van der Waals surface area contributed by atoms with Crippen LogP contribution in [0.5, 0.6) is 0 Å². The van der Waals surface area contributed by atoms with E-state index < -0.39 is 17.9 Å². The van der Waals surface area contributed by atoms with E-state index in [-0.39, 0.29) is 24.1 Å². The molecule has 0 aliphatic carbocycles. The molecule has 1 aromatic rings. The van der Waals surface area contributed by atoms with E-state index in [1.807, 2.05) is 0 Å². The predicted molar refractivity (Wildman–Crippen MR) is 72.4 cm³/mol. The molecule has 0 unspecified atom stereocenters. The number of hydrogen-bond donors (Lipinski definition) is 2. The van der Waals surface area contributed by atoms with Crippen LogP contribution in [0.4, 0.5) is 0 Å². The van der Waals surface area contributed by atoms with E-state index in [1.165, 1.54) is 15.8 Å². The van der Waals surface area contributed by atoms with E-state index in [0.29, 0.717) is 0 Å². The van der Waals surface area contributed by atoms with Crippen molar-refractivity contribution < 1.29 is 19.5 Å². The topological polar surface area (TPSA) is 117 Å². The van der Waals surface area contributed by atoms with Crippen molar-refractivity contribution in [3.8, 4) is 0 Å². The number of likely N-dealkylation sites (N-methyl/N-ethyl adjacent to an activating group) is 1. The summed E-state index contributed by atoms with van der Waals surface area (Å²) < 4.78 is 1.22. The van der Waals surface area contributed by atoms with Gasteiger partial charge >= 0.3 is 5.97 Å². The van der Waals surface area contributed by atoms with Crippen LogP contribution in [-0.4, -0.2) is 62.9 Å². The molecular formula is C12H19N5O4. The molecule has 2 amide bonds. The number of nitrogens with zero attached hydrogens (tertiary/aromatic N) is 4. The molecule has 0 radical (unpaired) electrons. The predicted octanol–water partition coefficient (Wildman–Crippen LogP) is -0.795. The van der Waals surface area contributed by atoms with Gasteiger partial charge in [-0.1, -0.05) is 19.1 Å². The number of rotatable bonds is 6. The van der Waals surface area contributed by atoms with Gasteiger partial charge in [0.25, 0.3) is 5.91 Å². The number of aliphatic carboxylic acids is 1. The van der Waals surface area contributed by atoms with Crippen molar-refractivity contribution in [1.82, 2.24) is 25.2 Å². The van der Waals surface area contributed by atoms with Gasteiger partial charge in [0.05, 0.1) is 6.20 Å². The maximum absolute atomic E-state index is 11.9. The monoisotopic (exact) mass is 297 g/mol. The van der Waals surface area contributed by atoms with Crippen molar-refractivity contribution in [2.45, 2.75) is 26.4 Å². The van der Waals surface area contributed by atoms with Crippen molar-refractivity contribution >= 4 is 17.8 Å². The molecule has 116 valence electrons. The average molecular weight is 297 g/mol. The molecule has 0 aromatic carbocycles. The van der Waals surface area contributed by atoms with Crippen LogP contribution in [0.15, 0.2) is 6.20 Å². The van der Waals surface area contributed by atoms with Gasteiger partial charge in [0, 0.05) is 14.1 Å². The van der Waals surface area contributed by atoms with Crippen LogP contribution < -0.4 is 5.32 Å². The molecule has 0 saturated carbocycles. The first-order valence-corrected chi connectivity index (χ1v) is 6.36. The Kier molecular flexibility index (Phi) is 5.39. The second kappa shape index (κ2) is 6.82. The van der Waals surface area contributed by atoms with Gasteiger partial charge in [0.2, 0.25) is 5.91 Å². The van der Waals surface area contributed by atoms with Crippen molar-refractivity contribution in [2.75, 3.05) is 14.1 Å². The third kappa shape index (κ3) is 4.55. The van der Waals surface area contributed by atoms with Crippen LogP contribution in [0.25, 0.3) is 0 Å². The van der Waals surface area contributed by atoms with E-state index in [2.05, 4.69) is 15.6 Å². The number of carboxylic acid groups (broad SMARTS) is 1. The fourth-order valence-electron chi connectivity index (χ4n) is 1.49. The lowest BCUT2D eigenvalue weighted by molar-refractivity contribution is -0.140. The molecule has 0 fully saturated rings. The molecule has 1 heterocycles. The van der Waals surface area contributed by atoms with E-state index in [1.54, 1.807) is 27.9 Å². The molecule has 9 heteroatoms. The summed E-state index contributed by atoms with van der Waals surface area (Å²) in [7, 11) is 3.21. The molecule has 21 heavy (non-hydrogen) atoms. The third-order valence-corrected chi connectivity index (χ3v) is 2.79. The van der Waals surface area contributed by atoms with Crippen LogP contribution >= 0.6 is 0 Å². The van der Waals surface area contributed by atoms with E-state index in [9.17, 15) is 14.4 Å². The van der Waals surface area contributed by atoms with Gasteiger partial charge in [-0.25, -0.2) is 9.48 Å². The quantitative estimate of drug-likeness (QED) is 0.710. The van der Waals surface area contributed by atoms with Crippen LogP contribution in [0, 0.1) is 5.92 Å². The highest BCUT2D eigenvalue weighted by atomic mass is 16.4. The summed E-state index contributed by atoms with van der Waals surface area (Å²) in [6.45, 7) is 3.33. The molecule has 0 saturated heterocycles. The van der Waals surface area contributed by atoms with Crippen LogP contribution in [0.1, 0.15) is 24.3 Å². The zero-order valence-electron chi connectivity index (χ0n) is 12.4. The number of amides is 2. The fraction of sp³-hybridized carbons (Fsp3) is 0.583. The Morgan fingerprint density at radius 3 is 2.48 bits per heavy atom. The van der Waals surface area contributed by atoms with Crippen molar-refractivity contribution in [1.29, 1.82) is 0 Å². The average Bonchev–Trinajstić information content (AvgIpc) is 2.83. The number of hydrogen-bond acceptors (Lipinski definition) is 5.